The molecule has 1 aromatic rings. The van der Waals surface area contributed by atoms with E-state index in [-0.39, 0.29) is 10.1 Å². The molecule has 3 heterocycles. The average molecular weight is 475 g/mol. The van der Waals surface area contributed by atoms with Gasteiger partial charge >= 0.3 is 0 Å². The second-order valence-corrected chi connectivity index (χ2v) is 18.4. The highest BCUT2D eigenvalue weighted by molar-refractivity contribution is 7.06. The van der Waals surface area contributed by atoms with Crippen molar-refractivity contribution in [2.75, 3.05) is 31.1 Å². The Kier molecular flexibility index (Phi) is 6.03. The fourth-order valence-corrected chi connectivity index (χ4v) is 15.1. The molecule has 0 unspecified atom stereocenters. The van der Waals surface area contributed by atoms with Gasteiger partial charge in [-0.2, -0.15) is 0 Å². The Labute approximate surface area is 208 Å². The SMILES string of the molecule is CC(C)(C)[Si]1(C(C)(C)C)C2=CC(=[N+]3CCCCC3)C=CC2=Nc2ccc(N3CCCCC3)cc21. The smallest absolute Gasteiger partial charge is 0.199 e. The minimum Gasteiger partial charge on any atom is -0.372 e. The first-order valence-corrected chi connectivity index (χ1v) is 15.6. The largest absolute Gasteiger partial charge is 0.372 e. The minimum atomic E-state index is -2.26. The molecule has 2 saturated heterocycles. The molecule has 4 aliphatic rings. The van der Waals surface area contributed by atoms with Gasteiger partial charge in [0.05, 0.1) is 11.4 Å². The molecule has 0 spiro atoms. The Hall–Kier alpha value is -1.94. The number of aliphatic imine (C=N–C) groups is 1. The van der Waals surface area contributed by atoms with Crippen molar-refractivity contribution in [2.45, 2.75) is 90.1 Å². The number of fused-ring (bicyclic) bond motifs is 2. The van der Waals surface area contributed by atoms with Gasteiger partial charge in [0, 0.05) is 43.8 Å². The third-order valence-corrected chi connectivity index (χ3v) is 15.6. The standard InChI is InChI=1S/C30H44N3Si/c1-29(2,3)34(30(4,5)6)27-21-23(32-17-9-7-10-18-32)13-15-25(27)31-26-16-14-24(22-28(26)34)33-19-11-8-12-20-33/h13-16,21-22H,7-12,17-20H2,1-6H3/q+1. The van der Waals surface area contributed by atoms with Crippen LogP contribution in [-0.2, 0) is 0 Å². The van der Waals surface area contributed by atoms with Gasteiger partial charge in [0.15, 0.2) is 5.71 Å². The van der Waals surface area contributed by atoms with Gasteiger partial charge in [-0.3, -0.25) is 0 Å². The van der Waals surface area contributed by atoms with Crippen LogP contribution in [0.2, 0.25) is 10.1 Å². The number of piperidine rings is 2. The van der Waals surface area contributed by atoms with Crippen LogP contribution in [0.5, 0.6) is 0 Å². The van der Waals surface area contributed by atoms with Gasteiger partial charge in [0.25, 0.3) is 0 Å². The molecule has 1 aromatic carbocycles. The van der Waals surface area contributed by atoms with Crippen LogP contribution in [-0.4, -0.2) is 50.3 Å². The number of allylic oxidation sites excluding steroid dienone is 4. The summed E-state index contributed by atoms with van der Waals surface area (Å²) in [7, 11) is -2.26. The van der Waals surface area contributed by atoms with Crippen LogP contribution >= 0.6 is 0 Å². The lowest BCUT2D eigenvalue weighted by Crippen LogP contribution is -2.66. The number of benzene rings is 1. The quantitative estimate of drug-likeness (QED) is 0.252. The maximum atomic E-state index is 5.30. The number of hydrogen-bond donors (Lipinski definition) is 0. The molecule has 0 atom stereocenters. The molecular formula is C30H44N3Si+. The lowest BCUT2D eigenvalue weighted by Gasteiger charge is -2.55. The zero-order chi connectivity index (χ0) is 24.1. The predicted octanol–water partition coefficient (Wildman–Crippen LogP) is 6.69. The van der Waals surface area contributed by atoms with Crippen molar-refractivity contribution in [2.24, 2.45) is 4.99 Å². The zero-order valence-corrected chi connectivity index (χ0v) is 23.4. The van der Waals surface area contributed by atoms with Crippen LogP contribution in [0.15, 0.2) is 46.6 Å². The molecular weight excluding hydrogens is 430 g/mol. The van der Waals surface area contributed by atoms with Crippen LogP contribution < -0.4 is 10.1 Å². The molecule has 0 saturated carbocycles. The van der Waals surface area contributed by atoms with Gasteiger partial charge in [0.1, 0.15) is 21.2 Å². The van der Waals surface area contributed by atoms with Crippen LogP contribution in [0, 0.1) is 0 Å². The molecule has 1 aliphatic carbocycles. The maximum absolute atomic E-state index is 5.30. The minimum absolute atomic E-state index is 0.158. The van der Waals surface area contributed by atoms with E-state index in [1.165, 1.54) is 87.5 Å². The van der Waals surface area contributed by atoms with Gasteiger partial charge in [-0.15, -0.1) is 0 Å². The summed E-state index contributed by atoms with van der Waals surface area (Å²) >= 11 is 0. The molecule has 3 aliphatic heterocycles. The second kappa shape index (κ2) is 8.62. The zero-order valence-electron chi connectivity index (χ0n) is 22.4. The third-order valence-electron chi connectivity index (χ3n) is 8.70. The van der Waals surface area contributed by atoms with Crippen molar-refractivity contribution in [3.05, 3.63) is 41.6 Å². The Morgan fingerprint density at radius 1 is 0.824 bits per heavy atom. The molecule has 182 valence electrons. The highest BCUT2D eigenvalue weighted by Crippen LogP contribution is 2.57. The molecule has 0 amide bonds. The lowest BCUT2D eigenvalue weighted by atomic mass is 10.1. The van der Waals surface area contributed by atoms with Crippen LogP contribution in [0.25, 0.3) is 0 Å². The third kappa shape index (κ3) is 3.77. The van der Waals surface area contributed by atoms with Gasteiger partial charge in [-0.25, -0.2) is 9.57 Å². The fraction of sp³-hybridized carbons (Fsp3) is 0.600. The van der Waals surface area contributed by atoms with Crippen LogP contribution in [0.1, 0.15) is 80.1 Å². The number of nitrogens with zero attached hydrogens (tertiary/aromatic N) is 3. The fourth-order valence-electron chi connectivity index (χ4n) is 7.56. The van der Waals surface area contributed by atoms with Gasteiger partial charge in [-0.1, -0.05) is 41.5 Å². The average Bonchev–Trinajstić information content (AvgIpc) is 2.81. The molecule has 0 N–H and O–H groups in total. The van der Waals surface area contributed by atoms with Crippen molar-refractivity contribution >= 4 is 36.1 Å². The molecule has 2 fully saturated rings. The monoisotopic (exact) mass is 474 g/mol. The van der Waals surface area contributed by atoms with E-state index in [2.05, 4.69) is 87.4 Å². The molecule has 34 heavy (non-hydrogen) atoms. The highest BCUT2D eigenvalue weighted by Gasteiger charge is 2.60. The van der Waals surface area contributed by atoms with Crippen molar-refractivity contribution in [3.8, 4) is 0 Å². The first-order valence-electron chi connectivity index (χ1n) is 13.6. The van der Waals surface area contributed by atoms with E-state index in [0.717, 1.165) is 0 Å². The summed E-state index contributed by atoms with van der Waals surface area (Å²) in [6.45, 7) is 19.8. The van der Waals surface area contributed by atoms with E-state index in [0.29, 0.717) is 0 Å². The molecule has 3 nitrogen and oxygen atoms in total. The molecule has 5 rings (SSSR count). The number of hydrogen-bond acceptors (Lipinski definition) is 2. The first kappa shape index (κ1) is 23.8. The van der Waals surface area contributed by atoms with Gasteiger partial charge in [0.2, 0.25) is 0 Å². The normalized spacial score (nSPS) is 22.7. The summed E-state index contributed by atoms with van der Waals surface area (Å²) in [5, 5.41) is 3.43. The van der Waals surface area contributed by atoms with E-state index in [9.17, 15) is 0 Å². The topological polar surface area (TPSA) is 18.6 Å². The molecule has 0 bridgehead atoms. The Balaban J connectivity index is 1.76. The number of anilines is 1. The van der Waals surface area contributed by atoms with E-state index in [1.807, 2.05) is 0 Å². The van der Waals surface area contributed by atoms with Crippen LogP contribution in [0.4, 0.5) is 11.4 Å². The van der Waals surface area contributed by atoms with Crippen molar-refractivity contribution in [1.82, 2.24) is 0 Å². The Morgan fingerprint density at radius 2 is 1.47 bits per heavy atom. The van der Waals surface area contributed by atoms with Crippen molar-refractivity contribution in [1.29, 1.82) is 0 Å². The summed E-state index contributed by atoms with van der Waals surface area (Å²) in [5.74, 6) is 0. The lowest BCUT2D eigenvalue weighted by molar-refractivity contribution is -0.535. The Bertz CT molecular complexity index is 1060. The van der Waals surface area contributed by atoms with Crippen LogP contribution in [0.3, 0.4) is 0 Å². The molecule has 4 heteroatoms. The Morgan fingerprint density at radius 3 is 2.12 bits per heavy atom. The maximum Gasteiger partial charge on any atom is 0.199 e. The summed E-state index contributed by atoms with van der Waals surface area (Å²) < 4.78 is 2.62. The van der Waals surface area contributed by atoms with E-state index < -0.39 is 8.07 Å². The first-order chi connectivity index (χ1) is 16.1. The van der Waals surface area contributed by atoms with Crippen molar-refractivity contribution in [3.63, 3.8) is 0 Å². The van der Waals surface area contributed by atoms with Crippen molar-refractivity contribution < 1.29 is 4.58 Å². The highest BCUT2D eigenvalue weighted by atomic mass is 28.3. The van der Waals surface area contributed by atoms with Gasteiger partial charge < -0.3 is 4.90 Å². The summed E-state index contributed by atoms with van der Waals surface area (Å²) in [6.07, 6.45) is 15.2. The predicted molar refractivity (Wildman–Crippen MR) is 150 cm³/mol. The summed E-state index contributed by atoms with van der Waals surface area (Å²) in [6, 6.07) is 7.24. The molecule has 0 aromatic heterocycles. The summed E-state index contributed by atoms with van der Waals surface area (Å²) in [4.78, 5) is 7.92. The van der Waals surface area contributed by atoms with E-state index >= 15 is 0 Å². The summed E-state index contributed by atoms with van der Waals surface area (Å²) in [5.41, 5.74) is 5.26. The second-order valence-electron chi connectivity index (χ2n) is 12.9. The number of rotatable bonds is 1. The van der Waals surface area contributed by atoms with E-state index in [4.69, 9.17) is 4.99 Å². The van der Waals surface area contributed by atoms with Gasteiger partial charge in [-0.05, 0) is 70.4 Å². The molecule has 0 radical (unpaired) electrons. The van der Waals surface area contributed by atoms with E-state index in [1.54, 1.807) is 10.4 Å².